The van der Waals surface area contributed by atoms with Crippen LogP contribution in [0.2, 0.25) is 0 Å². The second-order valence-electron chi connectivity index (χ2n) is 6.43. The monoisotopic (exact) mass is 382 g/mol. The van der Waals surface area contributed by atoms with Crippen LogP contribution in [0.1, 0.15) is 64.7 Å². The van der Waals surface area contributed by atoms with Crippen molar-refractivity contribution < 1.29 is 39.9 Å². The van der Waals surface area contributed by atoms with Crippen LogP contribution in [0.5, 0.6) is 0 Å². The Hall–Kier alpha value is -0.860. The van der Waals surface area contributed by atoms with E-state index in [2.05, 4.69) is 6.92 Å². The second kappa shape index (κ2) is 8.68. The van der Waals surface area contributed by atoms with E-state index in [0.29, 0.717) is 6.42 Å². The van der Waals surface area contributed by atoms with Gasteiger partial charge in [0.1, 0.15) is 6.54 Å². The summed E-state index contributed by atoms with van der Waals surface area (Å²) in [4.78, 5) is 0. The van der Waals surface area contributed by atoms with E-state index < -0.39 is 41.2 Å². The molecule has 2 atom stereocenters. The van der Waals surface area contributed by atoms with Gasteiger partial charge in [-0.25, -0.2) is 4.39 Å². The molecule has 1 rings (SSSR count). The average molecular weight is 382 g/mol. The van der Waals surface area contributed by atoms with Gasteiger partial charge in [-0.05, 0) is 11.1 Å². The fourth-order valence-corrected chi connectivity index (χ4v) is 2.82. The lowest BCUT2D eigenvalue weighted by Crippen LogP contribution is -2.68. The number of quaternary nitrogens is 1. The number of alkyl halides is 5. The Labute approximate surface area is 142 Å². The maximum absolute atomic E-state index is 14.2. The van der Waals surface area contributed by atoms with Gasteiger partial charge in [0.15, 0.2) is 0 Å². The molecule has 0 aromatic carbocycles. The fourth-order valence-electron chi connectivity index (χ4n) is 2.82. The number of allylic oxidation sites excluding steroid dienone is 1. The summed E-state index contributed by atoms with van der Waals surface area (Å²) < 4.78 is 104. The van der Waals surface area contributed by atoms with Crippen molar-refractivity contribution in [3.63, 3.8) is 0 Å². The van der Waals surface area contributed by atoms with Crippen LogP contribution in [0.25, 0.3) is 0 Å². The van der Waals surface area contributed by atoms with E-state index in [1.807, 2.05) is 0 Å². The molecular formula is C16H24F8N+. The molecule has 0 spiro atoms. The lowest BCUT2D eigenvalue weighted by Gasteiger charge is -2.39. The number of unbranched alkanes of at least 4 members (excludes halogenated alkanes) is 8. The first-order valence-corrected chi connectivity index (χ1v) is 8.57. The molecule has 0 saturated heterocycles. The van der Waals surface area contributed by atoms with Crippen LogP contribution in [0.15, 0.2) is 11.8 Å². The molecule has 1 aliphatic rings. The van der Waals surface area contributed by atoms with Crippen LogP contribution in [-0.2, 0) is 0 Å². The maximum Gasteiger partial charge on any atom is 0.501 e. The van der Waals surface area contributed by atoms with Crippen LogP contribution >= 0.6 is 0 Å². The van der Waals surface area contributed by atoms with E-state index in [9.17, 15) is 35.2 Å². The van der Waals surface area contributed by atoms with Crippen molar-refractivity contribution in [1.82, 2.24) is 0 Å². The summed E-state index contributed by atoms with van der Waals surface area (Å²) >= 11 is 0. The van der Waals surface area contributed by atoms with Gasteiger partial charge in [-0.2, -0.15) is 13.2 Å². The van der Waals surface area contributed by atoms with Gasteiger partial charge in [0.25, 0.3) is 0 Å². The highest BCUT2D eigenvalue weighted by Gasteiger charge is 2.83. The van der Waals surface area contributed by atoms with Gasteiger partial charge < -0.3 is 0 Å². The molecule has 25 heavy (non-hydrogen) atoms. The summed E-state index contributed by atoms with van der Waals surface area (Å²) in [5.41, 5.74) is 0. The second-order valence-corrected chi connectivity index (χ2v) is 6.43. The molecule has 148 valence electrons. The lowest BCUT2D eigenvalue weighted by atomic mass is 10.0. The topological polar surface area (TPSA) is 0 Å². The minimum atomic E-state index is -5.72. The normalized spacial score (nSPS) is 28.4. The first-order valence-electron chi connectivity index (χ1n) is 8.57. The average Bonchev–Trinajstić information content (AvgIpc) is 2.56. The Balaban J connectivity index is 2.58. The predicted molar refractivity (Wildman–Crippen MR) is 77.5 cm³/mol. The number of nitrogens with zero attached hydrogens (tertiary/aromatic N) is 1. The van der Waals surface area contributed by atoms with Gasteiger partial charge in [0.05, 0.1) is 0 Å². The molecule has 0 aliphatic carbocycles. The van der Waals surface area contributed by atoms with E-state index in [1.165, 1.54) is 0 Å². The highest BCUT2D eigenvalue weighted by molar-refractivity contribution is 5.12. The summed E-state index contributed by atoms with van der Waals surface area (Å²) in [6.07, 6.45) is 2.10. The largest absolute Gasteiger partial charge is 0.501 e. The summed E-state index contributed by atoms with van der Waals surface area (Å²) in [6, 6.07) is -5.72. The van der Waals surface area contributed by atoms with Crippen LogP contribution in [-0.4, -0.2) is 29.4 Å². The van der Waals surface area contributed by atoms with Crippen LogP contribution in [0.4, 0.5) is 35.2 Å². The van der Waals surface area contributed by atoms with E-state index >= 15 is 0 Å². The molecule has 0 amide bonds. The molecule has 0 saturated carbocycles. The molecule has 0 aromatic rings. The molecule has 1 heterocycles. The molecule has 0 bridgehead atoms. The Bertz CT molecular complexity index is 465. The summed E-state index contributed by atoms with van der Waals surface area (Å²) in [7, 11) is 0. The van der Waals surface area contributed by atoms with Crippen molar-refractivity contribution in [2.75, 3.05) is 6.54 Å². The van der Waals surface area contributed by atoms with Gasteiger partial charge in [-0.3, -0.25) is 0 Å². The molecule has 9 heteroatoms. The Kier molecular flexibility index (Phi) is 7.71. The van der Waals surface area contributed by atoms with Crippen molar-refractivity contribution in [3.05, 3.63) is 11.8 Å². The first-order chi connectivity index (χ1) is 11.5. The minimum Gasteiger partial charge on any atom is -0.232 e. The summed E-state index contributed by atoms with van der Waals surface area (Å²) in [5.74, 6) is -11.3. The van der Waals surface area contributed by atoms with Gasteiger partial charge in [0.2, 0.25) is 12.0 Å². The molecule has 2 unspecified atom stereocenters. The standard InChI is InChI=1S/C16H24F8N/c1-2-3-4-5-6-7-8-9-10-11-25(24)14(19)12(17)13(18)15(20,21)16(25,22)23/h13H,2-11H2,1H3/q+1. The summed E-state index contributed by atoms with van der Waals surface area (Å²) in [5, 5.41) is 0. The molecule has 0 aromatic heterocycles. The zero-order chi connectivity index (χ0) is 19.3. The molecule has 1 aliphatic heterocycles. The molecule has 0 N–H and O–H groups in total. The highest BCUT2D eigenvalue weighted by Crippen LogP contribution is 2.55. The van der Waals surface area contributed by atoms with Crippen molar-refractivity contribution >= 4 is 0 Å². The SMILES string of the molecule is CCCCCCCCCCC[N+]1(F)C(F)=C(F)C(F)C(F)(F)C1(F)F. The van der Waals surface area contributed by atoms with E-state index in [0.717, 1.165) is 38.5 Å². The Morgan fingerprint density at radius 1 is 0.840 bits per heavy atom. The van der Waals surface area contributed by atoms with Crippen molar-refractivity contribution in [2.45, 2.75) is 82.9 Å². The minimum absolute atomic E-state index is 0.202. The maximum atomic E-state index is 14.2. The number of halogens is 8. The van der Waals surface area contributed by atoms with Crippen molar-refractivity contribution in [2.24, 2.45) is 0 Å². The lowest BCUT2D eigenvalue weighted by molar-refractivity contribution is -1.11. The van der Waals surface area contributed by atoms with Crippen LogP contribution in [0, 0.1) is 0 Å². The fraction of sp³-hybridized carbons (Fsp3) is 0.875. The molecule has 0 fully saturated rings. The Morgan fingerprint density at radius 3 is 1.76 bits per heavy atom. The number of hydrogen-bond acceptors (Lipinski definition) is 0. The van der Waals surface area contributed by atoms with E-state index in [1.54, 1.807) is 0 Å². The smallest absolute Gasteiger partial charge is 0.232 e. The zero-order valence-corrected chi connectivity index (χ0v) is 14.1. The molecular weight excluding hydrogens is 358 g/mol. The van der Waals surface area contributed by atoms with Crippen LogP contribution in [0.3, 0.4) is 0 Å². The predicted octanol–water partition coefficient (Wildman–Crippen LogP) is 6.91. The first kappa shape index (κ1) is 22.2. The van der Waals surface area contributed by atoms with Gasteiger partial charge in [0, 0.05) is 10.9 Å². The zero-order valence-electron chi connectivity index (χ0n) is 14.1. The third-order valence-corrected chi connectivity index (χ3v) is 4.47. The van der Waals surface area contributed by atoms with Gasteiger partial charge >= 0.3 is 17.9 Å². The quantitative estimate of drug-likeness (QED) is 0.167. The summed E-state index contributed by atoms with van der Waals surface area (Å²) in [6.45, 7) is 0.682. The van der Waals surface area contributed by atoms with E-state index in [-0.39, 0.29) is 12.8 Å². The number of hydrogen-bond donors (Lipinski definition) is 0. The third-order valence-electron chi connectivity index (χ3n) is 4.47. The molecule has 0 radical (unpaired) electrons. The van der Waals surface area contributed by atoms with Gasteiger partial charge in [-0.15, -0.1) is 13.2 Å². The van der Waals surface area contributed by atoms with Crippen molar-refractivity contribution in [3.8, 4) is 0 Å². The Morgan fingerprint density at radius 2 is 1.28 bits per heavy atom. The highest BCUT2D eigenvalue weighted by atomic mass is 19.3. The van der Waals surface area contributed by atoms with Gasteiger partial charge in [-0.1, -0.05) is 51.9 Å². The van der Waals surface area contributed by atoms with Crippen molar-refractivity contribution in [1.29, 1.82) is 0 Å². The molecule has 1 nitrogen and oxygen atoms in total. The number of rotatable bonds is 10. The van der Waals surface area contributed by atoms with Crippen LogP contribution < -0.4 is 0 Å². The third kappa shape index (κ3) is 4.28. The van der Waals surface area contributed by atoms with E-state index in [4.69, 9.17) is 0 Å².